The smallest absolute Gasteiger partial charge is 0.248 e. The van der Waals surface area contributed by atoms with Gasteiger partial charge in [-0.05, 0) is 73.9 Å². The Hall–Kier alpha value is -3.56. The topological polar surface area (TPSA) is 108 Å². The van der Waals surface area contributed by atoms with E-state index in [2.05, 4.69) is 10.6 Å². The molecule has 208 valence electrons. The number of thioether (sulfide) groups is 1. The van der Waals surface area contributed by atoms with Crippen LogP contribution in [0.1, 0.15) is 26.7 Å². The van der Waals surface area contributed by atoms with Crippen LogP contribution >= 0.6 is 11.8 Å². The molecule has 3 heterocycles. The van der Waals surface area contributed by atoms with Crippen molar-refractivity contribution in [1.29, 1.82) is 0 Å². The van der Waals surface area contributed by atoms with E-state index >= 15 is 0 Å². The number of anilines is 2. The zero-order chi connectivity index (χ0) is 28.1. The number of hydrogen-bond acceptors (Lipinski definition) is 6. The highest BCUT2D eigenvalue weighted by molar-refractivity contribution is 8.02. The first kappa shape index (κ1) is 26.7. The molecule has 6 rings (SSSR count). The molecule has 0 saturated carbocycles. The van der Waals surface area contributed by atoms with E-state index in [4.69, 9.17) is 4.74 Å². The fraction of sp³-hybridized carbons (Fsp3) is 0.387. The van der Waals surface area contributed by atoms with Crippen LogP contribution in [0, 0.1) is 11.8 Å². The Kier molecular flexibility index (Phi) is 6.74. The van der Waals surface area contributed by atoms with Crippen molar-refractivity contribution in [1.82, 2.24) is 4.90 Å². The van der Waals surface area contributed by atoms with Crippen molar-refractivity contribution in [2.75, 3.05) is 30.4 Å². The third-order valence-electron chi connectivity index (χ3n) is 8.60. The molecule has 2 bridgehead atoms. The molecule has 3 aliphatic rings. The van der Waals surface area contributed by atoms with Crippen LogP contribution in [-0.4, -0.2) is 63.0 Å². The Morgan fingerprint density at radius 3 is 2.42 bits per heavy atom. The number of carbonyl (C=O) groups is 3. The van der Waals surface area contributed by atoms with Gasteiger partial charge in [0.25, 0.3) is 0 Å². The van der Waals surface area contributed by atoms with E-state index in [9.17, 15) is 19.5 Å². The van der Waals surface area contributed by atoms with E-state index in [0.29, 0.717) is 30.2 Å². The average Bonchev–Trinajstić information content (AvgIpc) is 3.51. The van der Waals surface area contributed by atoms with Crippen molar-refractivity contribution in [3.05, 3.63) is 66.7 Å². The quantitative estimate of drug-likeness (QED) is 0.380. The van der Waals surface area contributed by atoms with Crippen molar-refractivity contribution in [2.45, 2.75) is 42.2 Å². The van der Waals surface area contributed by atoms with E-state index in [0.717, 1.165) is 17.2 Å². The molecule has 8 nitrogen and oxygen atoms in total. The van der Waals surface area contributed by atoms with Crippen LogP contribution in [-0.2, 0) is 14.4 Å². The number of benzene rings is 3. The maximum Gasteiger partial charge on any atom is 0.248 e. The molecule has 0 aromatic heterocycles. The number of nitrogens with zero attached hydrogens (tertiary/aromatic N) is 1. The maximum absolute atomic E-state index is 14.0. The number of nitrogens with one attached hydrogen (secondary N) is 2. The molecule has 3 saturated heterocycles. The van der Waals surface area contributed by atoms with Crippen LogP contribution < -0.4 is 15.4 Å². The number of amides is 3. The van der Waals surface area contributed by atoms with Crippen LogP contribution in [0.5, 0.6) is 5.75 Å². The van der Waals surface area contributed by atoms with Crippen molar-refractivity contribution in [3.63, 3.8) is 0 Å². The Labute approximate surface area is 237 Å². The van der Waals surface area contributed by atoms with Gasteiger partial charge in [0.2, 0.25) is 17.7 Å². The van der Waals surface area contributed by atoms with E-state index in [1.807, 2.05) is 56.3 Å². The van der Waals surface area contributed by atoms with E-state index in [1.54, 1.807) is 36.0 Å². The molecule has 5 atom stereocenters. The van der Waals surface area contributed by atoms with Gasteiger partial charge < -0.3 is 25.4 Å². The number of fused-ring (bicyclic) bond motifs is 2. The molecule has 40 heavy (non-hydrogen) atoms. The minimum atomic E-state index is -0.793. The van der Waals surface area contributed by atoms with Crippen molar-refractivity contribution in [2.24, 2.45) is 11.8 Å². The summed E-state index contributed by atoms with van der Waals surface area (Å²) in [5.74, 6) is -1.30. The molecule has 9 heteroatoms. The summed E-state index contributed by atoms with van der Waals surface area (Å²) in [4.78, 5) is 43.2. The van der Waals surface area contributed by atoms with E-state index in [1.165, 1.54) is 4.90 Å². The van der Waals surface area contributed by atoms with Gasteiger partial charge in [-0.25, -0.2) is 0 Å². The molecular formula is C31H33N3O5S. The minimum Gasteiger partial charge on any atom is -0.494 e. The zero-order valence-electron chi connectivity index (χ0n) is 22.6. The number of ether oxygens (including phenoxy) is 1. The number of β-amino-alcohol motifs (C(OH)–C–C–N with tert-alkyl or cyclic N) is 1. The molecule has 3 aliphatic heterocycles. The fourth-order valence-electron chi connectivity index (χ4n) is 6.97. The Balaban J connectivity index is 1.29. The molecule has 3 amide bonds. The number of aliphatic hydroxyl groups is 1. The molecule has 3 fully saturated rings. The largest absolute Gasteiger partial charge is 0.494 e. The lowest BCUT2D eigenvalue weighted by Crippen LogP contribution is -2.52. The Morgan fingerprint density at radius 2 is 1.70 bits per heavy atom. The Morgan fingerprint density at radius 1 is 1.00 bits per heavy atom. The van der Waals surface area contributed by atoms with Gasteiger partial charge >= 0.3 is 0 Å². The highest BCUT2D eigenvalue weighted by Gasteiger charge is 2.77. The molecule has 3 N–H and O–H groups in total. The average molecular weight is 560 g/mol. The molecule has 3 aromatic rings. The van der Waals surface area contributed by atoms with Gasteiger partial charge in [0.15, 0.2) is 0 Å². The number of rotatable bonds is 8. The standard InChI is InChI=1S/C31H33N3O5S/c1-3-39-23-12-10-21(11-13-23)32-27(36)24-25-29(38)34(16-17-35)26(31(25)15-14-30(24,2)40-31)28(37)33-22-9-8-19-6-4-5-7-20(19)18-22/h4-13,18,24-26,35H,3,14-17H2,1-2H3,(H,32,36)(H,33,37)/t24-,25-,26?,30+,31?/m0/s1. The lowest BCUT2D eigenvalue weighted by atomic mass is 9.66. The third-order valence-corrected chi connectivity index (χ3v) is 10.6. The first-order chi connectivity index (χ1) is 19.3. The van der Waals surface area contributed by atoms with Crippen LogP contribution in [0.25, 0.3) is 10.8 Å². The summed E-state index contributed by atoms with van der Waals surface area (Å²) >= 11 is 1.61. The number of likely N-dealkylation sites (tertiary alicyclic amines) is 1. The summed E-state index contributed by atoms with van der Waals surface area (Å²) in [6.45, 7) is 4.27. The highest BCUT2D eigenvalue weighted by Crippen LogP contribution is 2.71. The SMILES string of the molecule is CCOc1ccc(NC(=O)[C@@H]2[C@H]3C(=O)N(CCO)C(C(=O)Nc4ccc5ccccc5c4)C34CC[C@@]2(C)S4)cc1. The number of hydrogen-bond donors (Lipinski definition) is 3. The first-order valence-electron chi connectivity index (χ1n) is 13.7. The summed E-state index contributed by atoms with van der Waals surface area (Å²) in [5, 5.41) is 18.0. The second-order valence-corrected chi connectivity index (χ2v) is 12.9. The molecule has 3 aromatic carbocycles. The van der Waals surface area contributed by atoms with E-state index in [-0.39, 0.29) is 30.9 Å². The van der Waals surface area contributed by atoms with Gasteiger partial charge in [0, 0.05) is 22.7 Å². The van der Waals surface area contributed by atoms with Crippen molar-refractivity contribution >= 4 is 51.6 Å². The van der Waals surface area contributed by atoms with Gasteiger partial charge in [-0.3, -0.25) is 14.4 Å². The summed E-state index contributed by atoms with van der Waals surface area (Å²) < 4.78 is 4.27. The molecule has 2 unspecified atom stereocenters. The fourth-order valence-corrected chi connectivity index (χ4v) is 9.33. The predicted octanol–water partition coefficient (Wildman–Crippen LogP) is 4.29. The zero-order valence-corrected chi connectivity index (χ0v) is 23.4. The summed E-state index contributed by atoms with van der Waals surface area (Å²) in [5.41, 5.74) is 1.27. The highest BCUT2D eigenvalue weighted by atomic mass is 32.2. The minimum absolute atomic E-state index is 0.0391. The number of aliphatic hydroxyl groups excluding tert-OH is 1. The lowest BCUT2D eigenvalue weighted by molar-refractivity contribution is -0.139. The molecule has 0 aliphatic carbocycles. The summed E-state index contributed by atoms with van der Waals surface area (Å²) in [7, 11) is 0. The van der Waals surface area contributed by atoms with Crippen molar-refractivity contribution in [3.8, 4) is 5.75 Å². The van der Waals surface area contributed by atoms with E-state index < -0.39 is 27.4 Å². The van der Waals surface area contributed by atoms with Crippen LogP contribution in [0.15, 0.2) is 66.7 Å². The van der Waals surface area contributed by atoms with Gasteiger partial charge in [-0.15, -0.1) is 11.8 Å². The van der Waals surface area contributed by atoms with Gasteiger partial charge in [0.1, 0.15) is 11.8 Å². The van der Waals surface area contributed by atoms with Crippen LogP contribution in [0.4, 0.5) is 11.4 Å². The lowest BCUT2D eigenvalue weighted by Gasteiger charge is -2.34. The monoisotopic (exact) mass is 559 g/mol. The second kappa shape index (κ2) is 10.1. The molecule has 1 spiro atoms. The summed E-state index contributed by atoms with van der Waals surface area (Å²) in [6.07, 6.45) is 1.37. The maximum atomic E-state index is 14.0. The molecular weight excluding hydrogens is 526 g/mol. The van der Waals surface area contributed by atoms with Crippen LogP contribution in [0.3, 0.4) is 0 Å². The van der Waals surface area contributed by atoms with Gasteiger partial charge in [0.05, 0.1) is 29.8 Å². The Bertz CT molecular complexity index is 1480. The van der Waals surface area contributed by atoms with Gasteiger partial charge in [-0.2, -0.15) is 0 Å². The number of carbonyl (C=O) groups excluding carboxylic acids is 3. The summed E-state index contributed by atoms with van der Waals surface area (Å²) in [6, 6.07) is 20.0. The predicted molar refractivity (Wildman–Crippen MR) is 156 cm³/mol. The second-order valence-electron chi connectivity index (χ2n) is 11.0. The normalized spacial score (nSPS) is 28.5. The first-order valence-corrected chi connectivity index (χ1v) is 14.6. The third kappa shape index (κ3) is 4.23. The van der Waals surface area contributed by atoms with Crippen LogP contribution in [0.2, 0.25) is 0 Å². The van der Waals surface area contributed by atoms with Gasteiger partial charge in [-0.1, -0.05) is 30.3 Å². The molecule has 0 radical (unpaired) electrons. The van der Waals surface area contributed by atoms with Crippen molar-refractivity contribution < 1.29 is 24.2 Å².